The first-order valence-corrected chi connectivity index (χ1v) is 6.97. The number of hydrogen-bond donors (Lipinski definition) is 1. The van der Waals surface area contributed by atoms with Gasteiger partial charge in [0.05, 0.1) is 12.8 Å². The minimum absolute atomic E-state index is 0.127. The molecule has 0 spiro atoms. The molecule has 22 heavy (non-hydrogen) atoms. The second-order valence-electron chi connectivity index (χ2n) is 4.89. The van der Waals surface area contributed by atoms with Crippen molar-refractivity contribution in [2.75, 3.05) is 13.2 Å². The topological polar surface area (TPSA) is 73.1 Å². The molecule has 6 heteroatoms. The Kier molecular flexibility index (Phi) is 4.20. The molecule has 1 aromatic heterocycles. The van der Waals surface area contributed by atoms with Gasteiger partial charge in [-0.2, -0.15) is 0 Å². The van der Waals surface area contributed by atoms with Gasteiger partial charge in [-0.15, -0.1) is 0 Å². The van der Waals surface area contributed by atoms with Crippen LogP contribution in [0.5, 0.6) is 0 Å². The summed E-state index contributed by atoms with van der Waals surface area (Å²) in [6, 6.07) is 11.3. The maximum absolute atomic E-state index is 11.9. The third kappa shape index (κ3) is 3.17. The number of aryl methyl sites for hydroxylation is 1. The van der Waals surface area contributed by atoms with E-state index < -0.39 is 5.97 Å². The average molecular weight is 300 g/mol. The molecular formula is C16H16N2O4. The van der Waals surface area contributed by atoms with E-state index in [-0.39, 0.29) is 12.7 Å². The molecule has 0 saturated heterocycles. The predicted molar refractivity (Wildman–Crippen MR) is 79.6 cm³/mol. The SMILES string of the molecule is Cc1occc1C(=O)OCC1CN=C(c2ccccc2)NO1. The summed E-state index contributed by atoms with van der Waals surface area (Å²) in [6.45, 7) is 2.27. The number of nitrogens with zero attached hydrogens (tertiary/aromatic N) is 1. The molecule has 1 aliphatic rings. The van der Waals surface area contributed by atoms with E-state index in [1.54, 1.807) is 13.0 Å². The van der Waals surface area contributed by atoms with Gasteiger partial charge in [-0.3, -0.25) is 9.83 Å². The van der Waals surface area contributed by atoms with Gasteiger partial charge < -0.3 is 9.15 Å². The van der Waals surface area contributed by atoms with Crippen LogP contribution in [0.25, 0.3) is 0 Å². The van der Waals surface area contributed by atoms with Crippen LogP contribution in [0.4, 0.5) is 0 Å². The number of carbonyl (C=O) groups excluding carboxylic acids is 1. The van der Waals surface area contributed by atoms with Gasteiger partial charge in [0.25, 0.3) is 0 Å². The lowest BCUT2D eigenvalue weighted by Crippen LogP contribution is -2.40. The largest absolute Gasteiger partial charge is 0.469 e. The second-order valence-corrected chi connectivity index (χ2v) is 4.89. The molecule has 0 radical (unpaired) electrons. The number of hydroxylamine groups is 1. The Morgan fingerprint density at radius 3 is 2.82 bits per heavy atom. The molecule has 3 rings (SSSR count). The fourth-order valence-electron chi connectivity index (χ4n) is 2.08. The summed E-state index contributed by atoms with van der Waals surface area (Å²) in [5.41, 5.74) is 4.17. The molecule has 114 valence electrons. The maximum atomic E-state index is 11.9. The van der Waals surface area contributed by atoms with Crippen LogP contribution in [-0.4, -0.2) is 31.1 Å². The first-order valence-electron chi connectivity index (χ1n) is 6.97. The summed E-state index contributed by atoms with van der Waals surface area (Å²) in [7, 11) is 0. The van der Waals surface area contributed by atoms with E-state index in [9.17, 15) is 4.79 Å². The molecule has 1 aliphatic heterocycles. The van der Waals surface area contributed by atoms with Gasteiger partial charge in [-0.05, 0) is 13.0 Å². The van der Waals surface area contributed by atoms with E-state index in [0.717, 1.165) is 5.56 Å². The third-order valence-electron chi connectivity index (χ3n) is 3.30. The fourth-order valence-corrected chi connectivity index (χ4v) is 2.08. The molecule has 6 nitrogen and oxygen atoms in total. The van der Waals surface area contributed by atoms with Gasteiger partial charge in [0.15, 0.2) is 5.84 Å². The van der Waals surface area contributed by atoms with Crippen molar-refractivity contribution in [3.63, 3.8) is 0 Å². The van der Waals surface area contributed by atoms with E-state index in [1.165, 1.54) is 6.26 Å². The van der Waals surface area contributed by atoms with Crippen LogP contribution < -0.4 is 5.48 Å². The Balaban J connectivity index is 1.53. The molecule has 2 heterocycles. The van der Waals surface area contributed by atoms with Crippen LogP contribution in [-0.2, 0) is 9.57 Å². The number of esters is 1. The van der Waals surface area contributed by atoms with Crippen molar-refractivity contribution >= 4 is 11.8 Å². The van der Waals surface area contributed by atoms with E-state index in [0.29, 0.717) is 23.7 Å². The van der Waals surface area contributed by atoms with Crippen LogP contribution in [0.2, 0.25) is 0 Å². The van der Waals surface area contributed by atoms with Gasteiger partial charge in [0.2, 0.25) is 0 Å². The normalized spacial score (nSPS) is 17.5. The van der Waals surface area contributed by atoms with Crippen molar-refractivity contribution in [3.05, 3.63) is 59.5 Å². The zero-order chi connectivity index (χ0) is 15.4. The van der Waals surface area contributed by atoms with Crippen molar-refractivity contribution in [2.45, 2.75) is 13.0 Å². The number of ether oxygens (including phenoxy) is 1. The minimum Gasteiger partial charge on any atom is -0.469 e. The van der Waals surface area contributed by atoms with Crippen molar-refractivity contribution in [3.8, 4) is 0 Å². The summed E-state index contributed by atoms with van der Waals surface area (Å²) in [5, 5.41) is 0. The molecule has 0 bridgehead atoms. The van der Waals surface area contributed by atoms with Crippen LogP contribution in [0.1, 0.15) is 21.7 Å². The molecule has 0 fully saturated rings. The Hall–Kier alpha value is -2.60. The third-order valence-corrected chi connectivity index (χ3v) is 3.30. The Bertz CT molecular complexity index is 678. The predicted octanol–water partition coefficient (Wildman–Crippen LogP) is 2.10. The van der Waals surface area contributed by atoms with Gasteiger partial charge >= 0.3 is 5.97 Å². The Morgan fingerprint density at radius 2 is 2.18 bits per heavy atom. The molecule has 1 aromatic carbocycles. The number of benzene rings is 1. The van der Waals surface area contributed by atoms with E-state index in [2.05, 4.69) is 10.5 Å². The van der Waals surface area contributed by atoms with Gasteiger partial charge in [0, 0.05) is 5.56 Å². The monoisotopic (exact) mass is 300 g/mol. The summed E-state index contributed by atoms with van der Waals surface area (Å²) in [4.78, 5) is 21.7. The standard InChI is InChI=1S/C16H16N2O4/c1-11-14(7-8-20-11)16(19)21-10-13-9-17-15(18-22-13)12-5-3-2-4-6-12/h2-8,13H,9-10H2,1H3,(H,17,18). The Morgan fingerprint density at radius 1 is 1.36 bits per heavy atom. The smallest absolute Gasteiger partial charge is 0.341 e. The maximum Gasteiger partial charge on any atom is 0.341 e. The van der Waals surface area contributed by atoms with E-state index in [1.807, 2.05) is 30.3 Å². The van der Waals surface area contributed by atoms with Crippen LogP contribution in [0.15, 0.2) is 52.1 Å². The average Bonchev–Trinajstić information content (AvgIpc) is 3.00. The number of carbonyl (C=O) groups is 1. The number of rotatable bonds is 4. The zero-order valence-electron chi connectivity index (χ0n) is 12.1. The highest BCUT2D eigenvalue weighted by molar-refractivity contribution is 5.98. The van der Waals surface area contributed by atoms with Gasteiger partial charge in [-0.25, -0.2) is 10.3 Å². The first kappa shape index (κ1) is 14.3. The highest BCUT2D eigenvalue weighted by atomic mass is 16.7. The van der Waals surface area contributed by atoms with Gasteiger partial charge in [-0.1, -0.05) is 30.3 Å². The van der Waals surface area contributed by atoms with Crippen molar-refractivity contribution in [1.82, 2.24) is 5.48 Å². The first-order chi connectivity index (χ1) is 10.7. The number of furan rings is 1. The molecule has 0 amide bonds. The summed E-state index contributed by atoms with van der Waals surface area (Å²) < 4.78 is 10.3. The molecule has 1 unspecified atom stereocenters. The minimum atomic E-state index is -0.423. The fraction of sp³-hybridized carbons (Fsp3) is 0.250. The zero-order valence-corrected chi connectivity index (χ0v) is 12.1. The van der Waals surface area contributed by atoms with Crippen molar-refractivity contribution in [1.29, 1.82) is 0 Å². The molecule has 1 N–H and O–H groups in total. The number of hydrogen-bond acceptors (Lipinski definition) is 6. The quantitative estimate of drug-likeness (QED) is 0.875. The van der Waals surface area contributed by atoms with Crippen molar-refractivity contribution < 1.29 is 18.8 Å². The number of aliphatic imine (C=N–C) groups is 1. The van der Waals surface area contributed by atoms with Gasteiger partial charge in [0.1, 0.15) is 24.0 Å². The molecule has 0 saturated carbocycles. The summed E-state index contributed by atoms with van der Waals surface area (Å²) >= 11 is 0. The van der Waals surface area contributed by atoms with Crippen LogP contribution >= 0.6 is 0 Å². The highest BCUT2D eigenvalue weighted by Crippen LogP contribution is 2.11. The molecule has 0 aliphatic carbocycles. The Labute approximate surface area is 127 Å². The van der Waals surface area contributed by atoms with Crippen molar-refractivity contribution in [2.24, 2.45) is 4.99 Å². The molecule has 2 aromatic rings. The van der Waals surface area contributed by atoms with E-state index >= 15 is 0 Å². The lowest BCUT2D eigenvalue weighted by molar-refractivity contribution is -0.0349. The number of nitrogens with one attached hydrogen (secondary N) is 1. The lowest BCUT2D eigenvalue weighted by atomic mass is 10.2. The number of amidine groups is 1. The highest BCUT2D eigenvalue weighted by Gasteiger charge is 2.20. The summed E-state index contributed by atoms with van der Waals surface area (Å²) in [5.74, 6) is 0.790. The van der Waals surface area contributed by atoms with Crippen LogP contribution in [0.3, 0.4) is 0 Å². The second kappa shape index (κ2) is 6.44. The van der Waals surface area contributed by atoms with E-state index in [4.69, 9.17) is 14.0 Å². The molecular weight excluding hydrogens is 284 g/mol. The lowest BCUT2D eigenvalue weighted by Gasteiger charge is -2.22. The molecule has 1 atom stereocenters. The summed E-state index contributed by atoms with van der Waals surface area (Å²) in [6.07, 6.45) is 1.14. The van der Waals surface area contributed by atoms with Crippen LogP contribution in [0, 0.1) is 6.92 Å².